The highest BCUT2D eigenvalue weighted by Crippen LogP contribution is 2.32. The molecule has 2 aromatic carbocycles. The Morgan fingerprint density at radius 3 is 2.65 bits per heavy atom. The number of hydrogen-bond donors (Lipinski definition) is 1. The van der Waals surface area contributed by atoms with Crippen molar-refractivity contribution in [3.63, 3.8) is 0 Å². The summed E-state index contributed by atoms with van der Waals surface area (Å²) in [6.45, 7) is 2.69. The van der Waals surface area contributed by atoms with Gasteiger partial charge < -0.3 is 14.2 Å². The van der Waals surface area contributed by atoms with E-state index in [0.29, 0.717) is 12.3 Å². The SMILES string of the molecule is Cc1ccc(-c2nnc(SC[C@@H](O)Cn3c4c(c5ccccc53)CCCC4)n2C)cc1. The number of fused-ring (bicyclic) bond motifs is 3. The van der Waals surface area contributed by atoms with Crippen LogP contribution in [-0.4, -0.2) is 36.3 Å². The van der Waals surface area contributed by atoms with E-state index in [4.69, 9.17) is 0 Å². The molecule has 5 nitrogen and oxygen atoms in total. The van der Waals surface area contributed by atoms with Crippen LogP contribution in [0.5, 0.6) is 0 Å². The van der Waals surface area contributed by atoms with Crippen molar-refractivity contribution in [2.45, 2.75) is 50.4 Å². The molecule has 0 aliphatic heterocycles. The number of thioether (sulfide) groups is 1. The Labute approximate surface area is 187 Å². The van der Waals surface area contributed by atoms with Gasteiger partial charge in [0.1, 0.15) is 0 Å². The highest BCUT2D eigenvalue weighted by atomic mass is 32.2. The largest absolute Gasteiger partial charge is 0.390 e. The van der Waals surface area contributed by atoms with Gasteiger partial charge in [0.25, 0.3) is 0 Å². The maximum absolute atomic E-state index is 10.9. The standard InChI is InChI=1S/C25H28N4OS/c1-17-11-13-18(14-12-17)24-26-27-25(28(24)2)31-16-19(30)15-29-22-9-5-3-7-20(22)21-8-4-6-10-23(21)29/h3,5,7,9,11-14,19,30H,4,6,8,10,15-16H2,1-2H3/t19-/m0/s1. The van der Waals surface area contributed by atoms with E-state index in [1.54, 1.807) is 11.8 Å². The topological polar surface area (TPSA) is 55.9 Å². The second-order valence-corrected chi connectivity index (χ2v) is 9.44. The monoisotopic (exact) mass is 432 g/mol. The van der Waals surface area contributed by atoms with Crippen LogP contribution in [0.15, 0.2) is 53.7 Å². The highest BCUT2D eigenvalue weighted by molar-refractivity contribution is 7.99. The van der Waals surface area contributed by atoms with Crippen LogP contribution in [0, 0.1) is 6.92 Å². The van der Waals surface area contributed by atoms with E-state index in [1.807, 2.05) is 11.6 Å². The van der Waals surface area contributed by atoms with Gasteiger partial charge >= 0.3 is 0 Å². The zero-order chi connectivity index (χ0) is 21.4. The lowest BCUT2D eigenvalue weighted by Crippen LogP contribution is -2.21. The predicted octanol–water partition coefficient (Wildman–Crippen LogP) is 4.78. The third kappa shape index (κ3) is 3.90. The molecule has 0 saturated carbocycles. The summed E-state index contributed by atoms with van der Waals surface area (Å²) in [6, 6.07) is 16.9. The fourth-order valence-corrected chi connectivity index (χ4v) is 5.45. The average molecular weight is 433 g/mol. The van der Waals surface area contributed by atoms with Crippen molar-refractivity contribution < 1.29 is 5.11 Å². The van der Waals surface area contributed by atoms with Gasteiger partial charge in [-0.15, -0.1) is 10.2 Å². The molecule has 0 amide bonds. The van der Waals surface area contributed by atoms with Gasteiger partial charge in [0.2, 0.25) is 0 Å². The van der Waals surface area contributed by atoms with E-state index in [1.165, 1.54) is 40.6 Å². The van der Waals surface area contributed by atoms with Crippen LogP contribution in [0.1, 0.15) is 29.7 Å². The second kappa shape index (κ2) is 8.52. The third-order valence-electron chi connectivity index (χ3n) is 6.23. The number of aliphatic hydroxyl groups is 1. The fourth-order valence-electron chi connectivity index (χ4n) is 4.62. The van der Waals surface area contributed by atoms with E-state index in [0.717, 1.165) is 29.4 Å². The summed E-state index contributed by atoms with van der Waals surface area (Å²) in [7, 11) is 1.99. The molecule has 0 unspecified atom stereocenters. The highest BCUT2D eigenvalue weighted by Gasteiger charge is 2.21. The van der Waals surface area contributed by atoms with Crippen molar-refractivity contribution in [3.05, 3.63) is 65.4 Å². The van der Waals surface area contributed by atoms with Gasteiger partial charge in [-0.3, -0.25) is 0 Å². The Hall–Kier alpha value is -2.57. The number of hydrogen-bond acceptors (Lipinski definition) is 4. The molecule has 0 bridgehead atoms. The molecule has 2 aromatic heterocycles. The maximum Gasteiger partial charge on any atom is 0.191 e. The lowest BCUT2D eigenvalue weighted by Gasteiger charge is -2.18. The van der Waals surface area contributed by atoms with Crippen molar-refractivity contribution in [2.24, 2.45) is 7.05 Å². The molecule has 1 aliphatic carbocycles. The Morgan fingerprint density at radius 1 is 1.03 bits per heavy atom. The molecule has 1 N–H and O–H groups in total. The molecule has 5 rings (SSSR count). The maximum atomic E-state index is 10.9. The second-order valence-electron chi connectivity index (χ2n) is 8.46. The lowest BCUT2D eigenvalue weighted by atomic mass is 9.95. The average Bonchev–Trinajstić information content (AvgIpc) is 3.31. The van der Waals surface area contributed by atoms with Crippen molar-refractivity contribution >= 4 is 22.7 Å². The Morgan fingerprint density at radius 2 is 1.81 bits per heavy atom. The molecule has 0 radical (unpaired) electrons. The molecule has 31 heavy (non-hydrogen) atoms. The zero-order valence-electron chi connectivity index (χ0n) is 18.1. The first-order chi connectivity index (χ1) is 15.1. The van der Waals surface area contributed by atoms with Gasteiger partial charge in [0, 0.05) is 41.5 Å². The summed E-state index contributed by atoms with van der Waals surface area (Å²) in [5.41, 5.74) is 6.43. The van der Waals surface area contributed by atoms with Crippen LogP contribution >= 0.6 is 11.8 Å². The normalized spacial score (nSPS) is 14.7. The summed E-state index contributed by atoms with van der Waals surface area (Å²) < 4.78 is 4.36. The summed E-state index contributed by atoms with van der Waals surface area (Å²) >= 11 is 1.56. The third-order valence-corrected chi connectivity index (χ3v) is 7.39. The van der Waals surface area contributed by atoms with E-state index >= 15 is 0 Å². The van der Waals surface area contributed by atoms with Crippen LogP contribution in [-0.2, 0) is 26.4 Å². The van der Waals surface area contributed by atoms with E-state index < -0.39 is 6.10 Å². The smallest absolute Gasteiger partial charge is 0.191 e. The van der Waals surface area contributed by atoms with Crippen molar-refractivity contribution in [3.8, 4) is 11.4 Å². The molecular formula is C25H28N4OS. The number of rotatable bonds is 6. The molecule has 0 fully saturated rings. The van der Waals surface area contributed by atoms with Gasteiger partial charge in [-0.05, 0) is 44.2 Å². The minimum Gasteiger partial charge on any atom is -0.390 e. The van der Waals surface area contributed by atoms with Crippen LogP contribution < -0.4 is 0 Å². The van der Waals surface area contributed by atoms with Crippen LogP contribution in [0.4, 0.5) is 0 Å². The Bertz CT molecular complexity index is 1210. The van der Waals surface area contributed by atoms with E-state index in [2.05, 4.69) is 70.2 Å². The minimum atomic E-state index is -0.452. The lowest BCUT2D eigenvalue weighted by molar-refractivity contribution is 0.178. The number of para-hydroxylation sites is 1. The molecule has 1 atom stereocenters. The molecule has 160 valence electrons. The summed E-state index contributed by atoms with van der Waals surface area (Å²) in [5, 5.41) is 21.8. The minimum absolute atomic E-state index is 0.452. The van der Waals surface area contributed by atoms with Gasteiger partial charge in [0.15, 0.2) is 11.0 Å². The van der Waals surface area contributed by atoms with Crippen LogP contribution in [0.2, 0.25) is 0 Å². The molecule has 6 heteroatoms. The van der Waals surface area contributed by atoms with Crippen molar-refractivity contribution in [2.75, 3.05) is 5.75 Å². The van der Waals surface area contributed by atoms with E-state index in [-0.39, 0.29) is 0 Å². The summed E-state index contributed by atoms with van der Waals surface area (Å²) in [6.07, 6.45) is 4.29. The van der Waals surface area contributed by atoms with Gasteiger partial charge in [-0.1, -0.05) is 59.8 Å². The number of aliphatic hydroxyl groups excluding tert-OH is 1. The molecule has 1 aliphatic rings. The number of aromatic nitrogens is 4. The van der Waals surface area contributed by atoms with Crippen LogP contribution in [0.3, 0.4) is 0 Å². The first-order valence-electron chi connectivity index (χ1n) is 11.0. The first-order valence-corrected chi connectivity index (χ1v) is 12.0. The quantitative estimate of drug-likeness (QED) is 0.446. The Kier molecular flexibility index (Phi) is 5.59. The van der Waals surface area contributed by atoms with Gasteiger partial charge in [0.05, 0.1) is 6.10 Å². The van der Waals surface area contributed by atoms with Gasteiger partial charge in [-0.25, -0.2) is 0 Å². The van der Waals surface area contributed by atoms with Crippen molar-refractivity contribution in [1.82, 2.24) is 19.3 Å². The molecule has 0 spiro atoms. The molecule has 4 aromatic rings. The van der Waals surface area contributed by atoms with E-state index in [9.17, 15) is 5.11 Å². The number of benzene rings is 2. The van der Waals surface area contributed by atoms with Crippen LogP contribution in [0.25, 0.3) is 22.3 Å². The Balaban J connectivity index is 1.31. The number of aryl methyl sites for hydroxylation is 2. The fraction of sp³-hybridized carbons (Fsp3) is 0.360. The number of nitrogens with zero attached hydrogens (tertiary/aromatic N) is 4. The van der Waals surface area contributed by atoms with Crippen molar-refractivity contribution in [1.29, 1.82) is 0 Å². The molecule has 0 saturated heterocycles. The molecular weight excluding hydrogens is 404 g/mol. The summed E-state index contributed by atoms with van der Waals surface area (Å²) in [5.74, 6) is 1.43. The van der Waals surface area contributed by atoms with Gasteiger partial charge in [-0.2, -0.15) is 0 Å². The molecule has 2 heterocycles. The zero-order valence-corrected chi connectivity index (χ0v) is 18.9. The predicted molar refractivity (Wildman–Crippen MR) is 126 cm³/mol. The first kappa shape index (κ1) is 20.3. The summed E-state index contributed by atoms with van der Waals surface area (Å²) in [4.78, 5) is 0.